The van der Waals surface area contributed by atoms with Crippen molar-refractivity contribution in [3.8, 4) is 5.75 Å². The highest BCUT2D eigenvalue weighted by Crippen LogP contribution is 2.32. The summed E-state index contributed by atoms with van der Waals surface area (Å²) in [5.41, 5.74) is 3.82. The van der Waals surface area contributed by atoms with Gasteiger partial charge in [0.05, 0.1) is 6.61 Å². The van der Waals surface area contributed by atoms with E-state index in [-0.39, 0.29) is 12.8 Å². The summed E-state index contributed by atoms with van der Waals surface area (Å²) in [5, 5.41) is 0. The van der Waals surface area contributed by atoms with Gasteiger partial charge in [-0.25, -0.2) is 0 Å². The molecule has 5 nitrogen and oxygen atoms in total. The molecule has 0 radical (unpaired) electrons. The maximum atomic E-state index is 11.6. The van der Waals surface area contributed by atoms with Crippen LogP contribution in [0.25, 0.3) is 0 Å². The van der Waals surface area contributed by atoms with Crippen LogP contribution in [0.4, 0.5) is 0 Å². The molecule has 5 heteroatoms. The van der Waals surface area contributed by atoms with Crippen molar-refractivity contribution in [2.45, 2.75) is 51.9 Å². The summed E-state index contributed by atoms with van der Waals surface area (Å²) in [7, 11) is 0. The Balaban J connectivity index is 1.24. The number of likely N-dealkylation sites (tertiary alicyclic amines) is 1. The second kappa shape index (κ2) is 11.4. The van der Waals surface area contributed by atoms with Gasteiger partial charge in [0.25, 0.3) is 0 Å². The van der Waals surface area contributed by atoms with Crippen molar-refractivity contribution in [3.05, 3.63) is 65.0 Å². The molecule has 1 saturated heterocycles. The Labute approximate surface area is 191 Å². The van der Waals surface area contributed by atoms with E-state index in [0.717, 1.165) is 56.8 Å². The van der Waals surface area contributed by atoms with Crippen LogP contribution in [0.2, 0.25) is 0 Å². The molecule has 0 aromatic heterocycles. The fourth-order valence-electron chi connectivity index (χ4n) is 4.77. The van der Waals surface area contributed by atoms with Gasteiger partial charge in [-0.15, -0.1) is 0 Å². The Morgan fingerprint density at radius 3 is 2.91 bits per heavy atom. The quantitative estimate of drug-likeness (QED) is 0.550. The maximum Gasteiger partial charge on any atom is 0.305 e. The lowest BCUT2D eigenvalue weighted by molar-refractivity contribution is -0.143. The standard InChI is InChI=1S/C27H35NO4/c1-2-30-27(29)12-10-21-13-16-28(17-14-21)15-5-6-22-9-11-26-24(18-22)19-23-7-3-4-8-25(23)31-20-32-26/h3-4,6-8,11,18,21H,2,5,9-10,12-17,19-20H2,1H3. The van der Waals surface area contributed by atoms with Crippen LogP contribution in [0, 0.1) is 5.92 Å². The molecular formula is C27H35NO4. The van der Waals surface area contributed by atoms with Crippen LogP contribution in [0.15, 0.2) is 59.4 Å². The van der Waals surface area contributed by atoms with Gasteiger partial charge in [0.2, 0.25) is 6.79 Å². The molecule has 0 saturated carbocycles. The van der Waals surface area contributed by atoms with Crippen LogP contribution in [-0.2, 0) is 20.7 Å². The van der Waals surface area contributed by atoms with E-state index in [0.29, 0.717) is 18.9 Å². The number of hydrogen-bond acceptors (Lipinski definition) is 5. The fraction of sp³-hybridized carbons (Fsp3) is 0.519. The lowest BCUT2D eigenvalue weighted by atomic mass is 9.92. The first-order valence-corrected chi connectivity index (χ1v) is 12.0. The van der Waals surface area contributed by atoms with E-state index in [1.165, 1.54) is 29.6 Å². The van der Waals surface area contributed by atoms with Crippen molar-refractivity contribution in [2.24, 2.45) is 5.92 Å². The van der Waals surface area contributed by atoms with Gasteiger partial charge >= 0.3 is 5.97 Å². The number of fused-ring (bicyclic) bond motifs is 2. The number of rotatable bonds is 7. The van der Waals surface area contributed by atoms with Crippen LogP contribution in [0.5, 0.6) is 5.75 Å². The highest BCUT2D eigenvalue weighted by Gasteiger charge is 2.21. The number of esters is 1. The van der Waals surface area contributed by atoms with Crippen LogP contribution >= 0.6 is 0 Å². The largest absolute Gasteiger partial charge is 0.466 e. The van der Waals surface area contributed by atoms with Crippen molar-refractivity contribution in [1.29, 1.82) is 0 Å². The predicted octanol–water partition coefficient (Wildman–Crippen LogP) is 5.18. The molecule has 1 aromatic carbocycles. The summed E-state index contributed by atoms with van der Waals surface area (Å²) >= 11 is 0. The zero-order valence-corrected chi connectivity index (χ0v) is 19.2. The monoisotopic (exact) mass is 437 g/mol. The number of ether oxygens (including phenoxy) is 3. The third-order valence-corrected chi connectivity index (χ3v) is 6.60. The molecule has 1 fully saturated rings. The number of carbonyl (C=O) groups excluding carboxylic acids is 1. The van der Waals surface area contributed by atoms with Crippen molar-refractivity contribution in [1.82, 2.24) is 4.90 Å². The van der Waals surface area contributed by atoms with Crippen LogP contribution in [-0.4, -0.2) is 43.9 Å². The van der Waals surface area contributed by atoms with Gasteiger partial charge in [0, 0.05) is 19.4 Å². The molecule has 32 heavy (non-hydrogen) atoms. The molecule has 3 aliphatic rings. The van der Waals surface area contributed by atoms with E-state index in [4.69, 9.17) is 14.2 Å². The van der Waals surface area contributed by atoms with Gasteiger partial charge in [-0.1, -0.05) is 30.4 Å². The second-order valence-electron chi connectivity index (χ2n) is 8.83. The number of carbonyl (C=O) groups is 1. The molecular weight excluding hydrogens is 402 g/mol. The van der Waals surface area contributed by atoms with Gasteiger partial charge in [-0.3, -0.25) is 4.79 Å². The highest BCUT2D eigenvalue weighted by atomic mass is 16.7. The smallest absolute Gasteiger partial charge is 0.305 e. The van der Waals surface area contributed by atoms with Crippen molar-refractivity contribution < 1.29 is 19.0 Å². The molecule has 1 aromatic rings. The molecule has 172 valence electrons. The van der Waals surface area contributed by atoms with Crippen LogP contribution in [0.1, 0.15) is 51.0 Å². The third kappa shape index (κ3) is 6.26. The zero-order valence-electron chi connectivity index (χ0n) is 19.2. The van der Waals surface area contributed by atoms with Crippen molar-refractivity contribution >= 4 is 5.97 Å². The van der Waals surface area contributed by atoms with Gasteiger partial charge in [0.1, 0.15) is 11.5 Å². The summed E-state index contributed by atoms with van der Waals surface area (Å²) < 4.78 is 16.7. The number of piperidine rings is 1. The maximum absolute atomic E-state index is 11.6. The van der Waals surface area contributed by atoms with E-state index in [1.807, 2.05) is 19.1 Å². The zero-order chi connectivity index (χ0) is 22.2. The summed E-state index contributed by atoms with van der Waals surface area (Å²) in [4.78, 5) is 14.1. The molecule has 2 heterocycles. The first-order valence-electron chi connectivity index (χ1n) is 12.0. The minimum atomic E-state index is -0.0499. The molecule has 4 rings (SSSR count). The lowest BCUT2D eigenvalue weighted by Crippen LogP contribution is -2.34. The van der Waals surface area contributed by atoms with Crippen molar-refractivity contribution in [2.75, 3.05) is 33.0 Å². The molecule has 0 N–H and O–H groups in total. The third-order valence-electron chi connectivity index (χ3n) is 6.60. The molecule has 0 unspecified atom stereocenters. The van der Waals surface area contributed by atoms with E-state index in [9.17, 15) is 4.79 Å². The van der Waals surface area contributed by atoms with Gasteiger partial charge < -0.3 is 19.1 Å². The number of benzene rings is 1. The van der Waals surface area contributed by atoms with Gasteiger partial charge in [0.15, 0.2) is 0 Å². The average Bonchev–Trinajstić information content (AvgIpc) is 2.79. The first kappa shape index (κ1) is 22.7. The molecule has 0 atom stereocenters. The Bertz CT molecular complexity index is 877. The average molecular weight is 438 g/mol. The summed E-state index contributed by atoms with van der Waals surface area (Å²) in [5.74, 6) is 2.48. The van der Waals surface area contributed by atoms with Crippen LogP contribution in [0.3, 0.4) is 0 Å². The minimum Gasteiger partial charge on any atom is -0.466 e. The van der Waals surface area contributed by atoms with E-state index in [2.05, 4.69) is 35.3 Å². The molecule has 2 aliphatic heterocycles. The Morgan fingerprint density at radius 1 is 1.22 bits per heavy atom. The normalized spacial score (nSPS) is 20.6. The van der Waals surface area contributed by atoms with Crippen molar-refractivity contribution in [3.63, 3.8) is 0 Å². The summed E-state index contributed by atoms with van der Waals surface area (Å²) in [6.45, 7) is 5.97. The number of nitrogens with zero attached hydrogens (tertiary/aromatic N) is 1. The minimum absolute atomic E-state index is 0.0499. The molecule has 0 spiro atoms. The molecule has 0 bridgehead atoms. The van der Waals surface area contributed by atoms with Gasteiger partial charge in [-0.05, 0) is 86.9 Å². The molecule has 0 amide bonds. The number of allylic oxidation sites excluding steroid dienone is 4. The Hall–Kier alpha value is -2.53. The van der Waals surface area contributed by atoms with Gasteiger partial charge in [-0.2, -0.15) is 0 Å². The first-order chi connectivity index (χ1) is 15.7. The summed E-state index contributed by atoms with van der Waals surface area (Å²) in [6.07, 6.45) is 13.6. The SMILES string of the molecule is CCOC(=O)CCC1CCN(CCC=C2C=C3Cc4ccccc4OCOC3=CC2)CC1. The van der Waals surface area contributed by atoms with E-state index >= 15 is 0 Å². The summed E-state index contributed by atoms with van der Waals surface area (Å²) in [6, 6.07) is 8.20. The van der Waals surface area contributed by atoms with Crippen LogP contribution < -0.4 is 4.74 Å². The fourth-order valence-corrected chi connectivity index (χ4v) is 4.77. The Kier molecular flexibility index (Phi) is 8.05. The number of hydrogen-bond donors (Lipinski definition) is 0. The lowest BCUT2D eigenvalue weighted by Gasteiger charge is -2.31. The topological polar surface area (TPSA) is 48.0 Å². The highest BCUT2D eigenvalue weighted by molar-refractivity contribution is 5.69. The second-order valence-corrected chi connectivity index (χ2v) is 8.83. The Morgan fingerprint density at radius 2 is 2.06 bits per heavy atom. The molecule has 1 aliphatic carbocycles. The van der Waals surface area contributed by atoms with E-state index < -0.39 is 0 Å². The predicted molar refractivity (Wildman–Crippen MR) is 125 cm³/mol. The van der Waals surface area contributed by atoms with E-state index in [1.54, 1.807) is 0 Å². The number of para-hydroxylation sites is 1.